The quantitative estimate of drug-likeness (QED) is 0.751. The monoisotopic (exact) mass is 267 g/mol. The Bertz CT molecular complexity index is 407. The van der Waals surface area contributed by atoms with Crippen LogP contribution in [-0.4, -0.2) is 28.8 Å². The first-order valence-electron chi connectivity index (χ1n) is 6.41. The Labute approximate surface area is 115 Å². The molecule has 1 atom stereocenters. The van der Waals surface area contributed by atoms with Gasteiger partial charge in [-0.3, -0.25) is 9.69 Å². The van der Waals surface area contributed by atoms with E-state index in [4.69, 9.17) is 11.6 Å². The molecule has 0 saturated carbocycles. The first kappa shape index (κ1) is 15.2. The molecule has 0 aliphatic heterocycles. The Morgan fingerprint density at radius 3 is 2.11 bits per heavy atom. The van der Waals surface area contributed by atoms with Crippen molar-refractivity contribution in [3.63, 3.8) is 0 Å². The summed E-state index contributed by atoms with van der Waals surface area (Å²) in [7, 11) is 0. The van der Waals surface area contributed by atoms with E-state index in [2.05, 4.69) is 32.6 Å². The number of hydrogen-bond acceptors (Lipinski definition) is 2. The molecule has 0 heterocycles. The van der Waals surface area contributed by atoms with E-state index in [1.54, 1.807) is 12.1 Å². The molecule has 1 unspecified atom stereocenters. The van der Waals surface area contributed by atoms with Gasteiger partial charge in [-0.05, 0) is 46.8 Å². The van der Waals surface area contributed by atoms with Crippen molar-refractivity contribution in [2.24, 2.45) is 0 Å². The van der Waals surface area contributed by atoms with Crippen molar-refractivity contribution in [1.29, 1.82) is 0 Å². The zero-order valence-electron chi connectivity index (χ0n) is 11.8. The average molecular weight is 268 g/mol. The fourth-order valence-corrected chi connectivity index (χ4v) is 2.70. The third kappa shape index (κ3) is 3.56. The summed E-state index contributed by atoms with van der Waals surface area (Å²) in [6.45, 7) is 10.4. The molecule has 0 fully saturated rings. The van der Waals surface area contributed by atoms with Gasteiger partial charge in [-0.1, -0.05) is 23.7 Å². The van der Waals surface area contributed by atoms with Crippen molar-refractivity contribution in [2.75, 3.05) is 0 Å². The molecule has 100 valence electrons. The summed E-state index contributed by atoms with van der Waals surface area (Å²) >= 11 is 5.93. The van der Waals surface area contributed by atoms with Crippen LogP contribution in [0.2, 0.25) is 5.02 Å². The molecular weight excluding hydrogens is 246 g/mol. The maximum atomic E-state index is 12.4. The molecule has 1 rings (SSSR count). The van der Waals surface area contributed by atoms with E-state index in [1.807, 2.05) is 19.1 Å². The second-order valence-electron chi connectivity index (χ2n) is 5.19. The summed E-state index contributed by atoms with van der Waals surface area (Å²) in [5, 5.41) is 0.605. The van der Waals surface area contributed by atoms with Gasteiger partial charge in [0.05, 0.1) is 6.04 Å². The predicted molar refractivity (Wildman–Crippen MR) is 77.4 cm³/mol. The van der Waals surface area contributed by atoms with Crippen LogP contribution in [0.25, 0.3) is 0 Å². The Balaban J connectivity index is 2.95. The second kappa shape index (κ2) is 6.35. The van der Waals surface area contributed by atoms with Crippen molar-refractivity contribution in [3.8, 4) is 0 Å². The van der Waals surface area contributed by atoms with E-state index >= 15 is 0 Å². The van der Waals surface area contributed by atoms with Gasteiger partial charge in [0.2, 0.25) is 0 Å². The third-order valence-electron chi connectivity index (χ3n) is 3.13. The summed E-state index contributed by atoms with van der Waals surface area (Å²) in [6, 6.07) is 7.70. The molecule has 0 radical (unpaired) electrons. The van der Waals surface area contributed by atoms with E-state index in [-0.39, 0.29) is 11.8 Å². The van der Waals surface area contributed by atoms with Crippen LogP contribution in [0.15, 0.2) is 24.3 Å². The molecule has 0 saturated heterocycles. The third-order valence-corrected chi connectivity index (χ3v) is 3.36. The van der Waals surface area contributed by atoms with E-state index < -0.39 is 0 Å². The van der Waals surface area contributed by atoms with E-state index in [0.29, 0.717) is 22.7 Å². The summed E-state index contributed by atoms with van der Waals surface area (Å²) in [4.78, 5) is 14.7. The van der Waals surface area contributed by atoms with Crippen molar-refractivity contribution >= 4 is 17.4 Å². The lowest BCUT2D eigenvalue weighted by molar-refractivity contribution is 0.0711. The normalized spacial score (nSPS) is 13.4. The Kier molecular flexibility index (Phi) is 5.36. The maximum Gasteiger partial charge on any atom is 0.179 e. The van der Waals surface area contributed by atoms with Gasteiger partial charge in [0.1, 0.15) is 0 Å². The van der Waals surface area contributed by atoms with Gasteiger partial charge in [0, 0.05) is 22.7 Å². The predicted octanol–water partition coefficient (Wildman–Crippen LogP) is 4.03. The van der Waals surface area contributed by atoms with Gasteiger partial charge in [-0.25, -0.2) is 0 Å². The van der Waals surface area contributed by atoms with E-state index in [1.165, 1.54) is 0 Å². The van der Waals surface area contributed by atoms with E-state index in [9.17, 15) is 4.79 Å². The van der Waals surface area contributed by atoms with Gasteiger partial charge >= 0.3 is 0 Å². The zero-order valence-corrected chi connectivity index (χ0v) is 12.5. The summed E-state index contributed by atoms with van der Waals surface area (Å²) < 4.78 is 0. The largest absolute Gasteiger partial charge is 0.292 e. The molecule has 0 bridgehead atoms. The van der Waals surface area contributed by atoms with Crippen molar-refractivity contribution in [1.82, 2.24) is 4.90 Å². The number of carbonyl (C=O) groups excluding carboxylic acids is 1. The molecule has 0 aromatic heterocycles. The van der Waals surface area contributed by atoms with Crippen LogP contribution in [-0.2, 0) is 0 Å². The van der Waals surface area contributed by atoms with Gasteiger partial charge in [0.25, 0.3) is 0 Å². The Morgan fingerprint density at radius 2 is 1.67 bits per heavy atom. The van der Waals surface area contributed by atoms with Gasteiger partial charge in [0.15, 0.2) is 5.78 Å². The molecule has 18 heavy (non-hydrogen) atoms. The molecule has 1 aromatic rings. The molecule has 2 nitrogen and oxygen atoms in total. The first-order chi connectivity index (χ1) is 8.34. The SMILES string of the molecule is CC(C)N(C(C)C)C(C)C(=O)c1cccc(Cl)c1. The second-order valence-corrected chi connectivity index (χ2v) is 5.62. The number of carbonyl (C=O) groups is 1. The van der Waals surface area contributed by atoms with Gasteiger partial charge in [-0.15, -0.1) is 0 Å². The average Bonchev–Trinajstić information content (AvgIpc) is 2.26. The fraction of sp³-hybridized carbons (Fsp3) is 0.533. The lowest BCUT2D eigenvalue weighted by Crippen LogP contribution is -2.47. The van der Waals surface area contributed by atoms with Crippen LogP contribution in [0.1, 0.15) is 45.0 Å². The highest BCUT2D eigenvalue weighted by Gasteiger charge is 2.26. The Hall–Kier alpha value is -0.860. The van der Waals surface area contributed by atoms with Crippen LogP contribution in [0.4, 0.5) is 0 Å². The molecule has 3 heteroatoms. The lowest BCUT2D eigenvalue weighted by atomic mass is 10.0. The van der Waals surface area contributed by atoms with E-state index in [0.717, 1.165) is 0 Å². The first-order valence-corrected chi connectivity index (χ1v) is 6.79. The van der Waals surface area contributed by atoms with Crippen molar-refractivity contribution in [2.45, 2.75) is 52.7 Å². The summed E-state index contributed by atoms with van der Waals surface area (Å²) in [6.07, 6.45) is 0. The highest BCUT2D eigenvalue weighted by atomic mass is 35.5. The molecule has 0 N–H and O–H groups in total. The minimum atomic E-state index is -0.136. The molecule has 0 spiro atoms. The van der Waals surface area contributed by atoms with Crippen LogP contribution in [0, 0.1) is 0 Å². The number of rotatable bonds is 5. The highest BCUT2D eigenvalue weighted by molar-refractivity contribution is 6.31. The molecular formula is C15H22ClNO. The zero-order chi connectivity index (χ0) is 13.9. The maximum absolute atomic E-state index is 12.4. The number of benzene rings is 1. The minimum Gasteiger partial charge on any atom is -0.292 e. The number of Topliss-reactive ketones (excluding diaryl/α,β-unsaturated/α-hetero) is 1. The highest BCUT2D eigenvalue weighted by Crippen LogP contribution is 2.17. The molecule has 0 aliphatic rings. The molecule has 0 amide bonds. The van der Waals surface area contributed by atoms with Crippen molar-refractivity contribution < 1.29 is 4.79 Å². The van der Waals surface area contributed by atoms with Crippen LogP contribution in [0.5, 0.6) is 0 Å². The van der Waals surface area contributed by atoms with Crippen LogP contribution < -0.4 is 0 Å². The van der Waals surface area contributed by atoms with Crippen LogP contribution in [0.3, 0.4) is 0 Å². The Morgan fingerprint density at radius 1 is 1.11 bits per heavy atom. The number of hydrogen-bond donors (Lipinski definition) is 0. The number of halogens is 1. The smallest absolute Gasteiger partial charge is 0.179 e. The number of ketones is 1. The lowest BCUT2D eigenvalue weighted by Gasteiger charge is -2.35. The van der Waals surface area contributed by atoms with Crippen molar-refractivity contribution in [3.05, 3.63) is 34.9 Å². The minimum absolute atomic E-state index is 0.125. The van der Waals surface area contributed by atoms with Gasteiger partial charge in [-0.2, -0.15) is 0 Å². The fourth-order valence-electron chi connectivity index (χ4n) is 2.51. The topological polar surface area (TPSA) is 20.3 Å². The standard InChI is InChI=1S/C15H22ClNO/c1-10(2)17(11(3)4)12(5)15(18)13-7-6-8-14(16)9-13/h6-12H,1-5H3. The molecule has 0 aliphatic carbocycles. The van der Waals surface area contributed by atoms with Gasteiger partial charge < -0.3 is 0 Å². The summed E-state index contributed by atoms with van der Waals surface area (Å²) in [5.74, 6) is 0.125. The molecule has 1 aromatic carbocycles. The summed E-state index contributed by atoms with van der Waals surface area (Å²) in [5.41, 5.74) is 0.682. The van der Waals surface area contributed by atoms with Crippen LogP contribution >= 0.6 is 11.6 Å². The number of nitrogens with zero attached hydrogens (tertiary/aromatic N) is 1.